The second-order valence-electron chi connectivity index (χ2n) is 2.95. The molecule has 5 heteroatoms. The Morgan fingerprint density at radius 2 is 2.20 bits per heavy atom. The summed E-state index contributed by atoms with van der Waals surface area (Å²) in [6.07, 6.45) is 0. The molecular formula is C10H7Cl2NO2. The maximum absolute atomic E-state index is 11.5. The zero-order valence-corrected chi connectivity index (χ0v) is 9.18. The molecule has 0 aliphatic carbocycles. The van der Waals surface area contributed by atoms with Crippen LogP contribution in [0.5, 0.6) is 0 Å². The van der Waals surface area contributed by atoms with Crippen molar-refractivity contribution in [3.63, 3.8) is 0 Å². The monoisotopic (exact) mass is 243 g/mol. The summed E-state index contributed by atoms with van der Waals surface area (Å²) in [5.41, 5.74) is 1.53. The predicted molar refractivity (Wildman–Crippen MR) is 58.6 cm³/mol. The third-order valence-corrected chi connectivity index (χ3v) is 2.47. The van der Waals surface area contributed by atoms with Gasteiger partial charge in [0.05, 0.1) is 17.3 Å². The Balaban J connectivity index is 2.64. The van der Waals surface area contributed by atoms with E-state index in [0.717, 1.165) is 0 Å². The van der Waals surface area contributed by atoms with E-state index in [0.29, 0.717) is 22.6 Å². The summed E-state index contributed by atoms with van der Waals surface area (Å²) in [6.45, 7) is 0. The second kappa shape index (κ2) is 4.21. The number of benzene rings is 1. The molecule has 1 aromatic carbocycles. The van der Waals surface area contributed by atoms with E-state index in [1.807, 2.05) is 0 Å². The topological polar surface area (TPSA) is 43.1 Å². The number of halogens is 2. The van der Waals surface area contributed by atoms with Gasteiger partial charge in [-0.05, 0) is 12.1 Å². The van der Waals surface area contributed by atoms with Crippen molar-refractivity contribution in [1.29, 1.82) is 0 Å². The number of para-hydroxylation sites is 1. The minimum Gasteiger partial charge on any atom is -0.439 e. The molecule has 78 valence electrons. The van der Waals surface area contributed by atoms with E-state index < -0.39 is 0 Å². The van der Waals surface area contributed by atoms with E-state index >= 15 is 0 Å². The molecule has 0 saturated carbocycles. The molecule has 0 fully saturated rings. The van der Waals surface area contributed by atoms with Gasteiger partial charge in [0, 0.05) is 0 Å². The standard InChI is InChI=1S/C10H7Cl2NO2/c11-4-8(14)6-2-1-3-7-10(6)15-9(5-12)13-7/h1-3H,4-5H2. The lowest BCUT2D eigenvalue weighted by Gasteiger charge is -1.95. The van der Waals surface area contributed by atoms with Crippen LogP contribution < -0.4 is 0 Å². The van der Waals surface area contributed by atoms with Crippen LogP contribution in [0.15, 0.2) is 22.6 Å². The molecule has 0 N–H and O–H groups in total. The molecule has 0 atom stereocenters. The molecule has 1 aromatic heterocycles. The van der Waals surface area contributed by atoms with Gasteiger partial charge in [-0.2, -0.15) is 0 Å². The van der Waals surface area contributed by atoms with Crippen LogP contribution in [-0.4, -0.2) is 16.6 Å². The number of alkyl halides is 2. The summed E-state index contributed by atoms with van der Waals surface area (Å²) in [7, 11) is 0. The van der Waals surface area contributed by atoms with Crippen molar-refractivity contribution in [2.75, 3.05) is 5.88 Å². The van der Waals surface area contributed by atoms with Crippen LogP contribution in [0, 0.1) is 0 Å². The summed E-state index contributed by atoms with van der Waals surface area (Å²) in [5.74, 6) is 0.333. The van der Waals surface area contributed by atoms with Crippen LogP contribution in [-0.2, 0) is 5.88 Å². The van der Waals surface area contributed by atoms with E-state index in [9.17, 15) is 4.79 Å². The summed E-state index contributed by atoms with van der Waals surface area (Å²) < 4.78 is 5.35. The smallest absolute Gasteiger partial charge is 0.210 e. The van der Waals surface area contributed by atoms with Gasteiger partial charge in [0.25, 0.3) is 0 Å². The molecule has 2 aromatic rings. The number of carbonyl (C=O) groups excluding carboxylic acids is 1. The molecule has 3 nitrogen and oxygen atoms in total. The average molecular weight is 244 g/mol. The number of hydrogen-bond acceptors (Lipinski definition) is 3. The highest BCUT2D eigenvalue weighted by molar-refractivity contribution is 6.31. The van der Waals surface area contributed by atoms with Crippen LogP contribution in [0.25, 0.3) is 11.1 Å². The van der Waals surface area contributed by atoms with Crippen molar-refractivity contribution in [3.05, 3.63) is 29.7 Å². The Morgan fingerprint density at radius 1 is 1.40 bits per heavy atom. The molecule has 15 heavy (non-hydrogen) atoms. The maximum atomic E-state index is 11.5. The van der Waals surface area contributed by atoms with Crippen molar-refractivity contribution < 1.29 is 9.21 Å². The molecule has 0 aliphatic heterocycles. The van der Waals surface area contributed by atoms with E-state index in [-0.39, 0.29) is 17.5 Å². The first-order chi connectivity index (χ1) is 7.26. The summed E-state index contributed by atoms with van der Waals surface area (Å²) in [4.78, 5) is 15.6. The van der Waals surface area contributed by atoms with Gasteiger partial charge in [0.1, 0.15) is 5.52 Å². The van der Waals surface area contributed by atoms with Crippen LogP contribution in [0.2, 0.25) is 0 Å². The Hall–Kier alpha value is -1.06. The van der Waals surface area contributed by atoms with Gasteiger partial charge in [-0.15, -0.1) is 23.2 Å². The van der Waals surface area contributed by atoms with Crippen molar-refractivity contribution >= 4 is 40.1 Å². The highest BCUT2D eigenvalue weighted by Crippen LogP contribution is 2.21. The number of oxazole rings is 1. The van der Waals surface area contributed by atoms with Crippen LogP contribution >= 0.6 is 23.2 Å². The van der Waals surface area contributed by atoms with Gasteiger partial charge in [-0.3, -0.25) is 4.79 Å². The largest absolute Gasteiger partial charge is 0.439 e. The predicted octanol–water partition coefficient (Wildman–Crippen LogP) is 2.99. The van der Waals surface area contributed by atoms with Crippen LogP contribution in [0.3, 0.4) is 0 Å². The highest BCUT2D eigenvalue weighted by Gasteiger charge is 2.13. The van der Waals surface area contributed by atoms with E-state index in [2.05, 4.69) is 4.98 Å². The van der Waals surface area contributed by atoms with Gasteiger partial charge >= 0.3 is 0 Å². The summed E-state index contributed by atoms with van der Waals surface area (Å²) in [5, 5.41) is 0. The molecule has 0 radical (unpaired) electrons. The number of nitrogens with zero attached hydrogens (tertiary/aromatic N) is 1. The molecular weight excluding hydrogens is 237 g/mol. The molecule has 0 amide bonds. The first-order valence-corrected chi connectivity index (χ1v) is 5.36. The van der Waals surface area contributed by atoms with Crippen LogP contribution in [0.1, 0.15) is 16.2 Å². The SMILES string of the molecule is O=C(CCl)c1cccc2nc(CCl)oc12. The maximum Gasteiger partial charge on any atom is 0.210 e. The number of Topliss-reactive ketones (excluding diaryl/α,β-unsaturated/α-hetero) is 1. The number of hydrogen-bond donors (Lipinski definition) is 0. The summed E-state index contributed by atoms with van der Waals surface area (Å²) in [6, 6.07) is 5.17. The number of carbonyl (C=O) groups is 1. The first-order valence-electron chi connectivity index (χ1n) is 4.30. The van der Waals surface area contributed by atoms with Gasteiger partial charge in [-0.1, -0.05) is 6.07 Å². The second-order valence-corrected chi connectivity index (χ2v) is 3.49. The van der Waals surface area contributed by atoms with Crippen molar-refractivity contribution in [2.24, 2.45) is 0 Å². The minimum atomic E-state index is -0.181. The zero-order valence-electron chi connectivity index (χ0n) is 7.67. The van der Waals surface area contributed by atoms with Crippen molar-refractivity contribution in [2.45, 2.75) is 5.88 Å². The molecule has 0 unspecified atom stereocenters. The lowest BCUT2D eigenvalue weighted by Crippen LogP contribution is -1.99. The fourth-order valence-corrected chi connectivity index (χ4v) is 1.60. The van der Waals surface area contributed by atoms with E-state index in [1.165, 1.54) is 0 Å². The molecule has 0 aliphatic rings. The normalized spacial score (nSPS) is 10.8. The third-order valence-electron chi connectivity index (χ3n) is 2.00. The number of ketones is 1. The fraction of sp³-hybridized carbons (Fsp3) is 0.200. The first kappa shape index (κ1) is 10.5. The number of rotatable bonds is 3. The molecule has 2 rings (SSSR count). The third kappa shape index (κ3) is 1.85. The molecule has 0 bridgehead atoms. The van der Waals surface area contributed by atoms with Crippen LogP contribution in [0.4, 0.5) is 0 Å². The Labute approximate surface area is 96.0 Å². The van der Waals surface area contributed by atoms with Gasteiger partial charge in [-0.25, -0.2) is 4.98 Å². The molecule has 0 spiro atoms. The lowest BCUT2D eigenvalue weighted by molar-refractivity contribution is 0.102. The van der Waals surface area contributed by atoms with Gasteiger partial charge < -0.3 is 4.42 Å². The molecule has 1 heterocycles. The quantitative estimate of drug-likeness (QED) is 0.615. The van der Waals surface area contributed by atoms with Crippen molar-refractivity contribution in [3.8, 4) is 0 Å². The Kier molecular flexibility index (Phi) is 2.93. The minimum absolute atomic E-state index is 0.0734. The Morgan fingerprint density at radius 3 is 2.87 bits per heavy atom. The Bertz CT molecular complexity index is 507. The van der Waals surface area contributed by atoms with Gasteiger partial charge in [0.2, 0.25) is 5.89 Å². The zero-order chi connectivity index (χ0) is 10.8. The highest BCUT2D eigenvalue weighted by atomic mass is 35.5. The average Bonchev–Trinajstić information content (AvgIpc) is 2.70. The fourth-order valence-electron chi connectivity index (χ4n) is 1.34. The van der Waals surface area contributed by atoms with E-state index in [1.54, 1.807) is 18.2 Å². The summed E-state index contributed by atoms with van der Waals surface area (Å²) >= 11 is 11.1. The number of aromatic nitrogens is 1. The molecule has 0 saturated heterocycles. The van der Waals surface area contributed by atoms with Crippen molar-refractivity contribution in [1.82, 2.24) is 4.98 Å². The number of fused-ring (bicyclic) bond motifs is 1. The van der Waals surface area contributed by atoms with Gasteiger partial charge in [0.15, 0.2) is 11.4 Å². The van der Waals surface area contributed by atoms with E-state index in [4.69, 9.17) is 27.6 Å². The lowest BCUT2D eigenvalue weighted by atomic mass is 10.1.